The lowest BCUT2D eigenvalue weighted by atomic mass is 10.2. The smallest absolute Gasteiger partial charge is 0.229 e. The first kappa shape index (κ1) is 22.4. The van der Waals surface area contributed by atoms with Crippen LogP contribution in [0.2, 0.25) is 5.02 Å². The Hall–Kier alpha value is -3.24. The van der Waals surface area contributed by atoms with E-state index >= 15 is 0 Å². The van der Waals surface area contributed by atoms with E-state index in [0.717, 1.165) is 11.8 Å². The second-order valence-electron chi connectivity index (χ2n) is 6.63. The van der Waals surface area contributed by atoms with Gasteiger partial charge in [-0.3, -0.25) is 4.72 Å². The summed E-state index contributed by atoms with van der Waals surface area (Å²) in [5, 5.41) is 6.41. The fourth-order valence-corrected chi connectivity index (χ4v) is 3.44. The fourth-order valence-electron chi connectivity index (χ4n) is 2.74. The number of aromatic nitrogens is 2. The van der Waals surface area contributed by atoms with Crippen molar-refractivity contribution in [1.29, 1.82) is 0 Å². The van der Waals surface area contributed by atoms with Gasteiger partial charge in [-0.15, -0.1) is 0 Å². The Morgan fingerprint density at radius 3 is 2.39 bits per heavy atom. The molecule has 1 heterocycles. The normalized spacial score (nSPS) is 11.0. The fraction of sp³-hybridized carbons (Fsp3) is 0.200. The monoisotopic (exact) mass is 463 g/mol. The SMILES string of the molecule is COc1ccc(Nc2ncc(Cl)c(Nc3ccc(C)cc3NS(C)(=O)=O)n2)cc1OC. The Bertz CT molecular complexity index is 1200. The first-order valence-corrected chi connectivity index (χ1v) is 11.3. The molecular formula is C20H22ClN5O4S. The summed E-state index contributed by atoms with van der Waals surface area (Å²) in [5.41, 5.74) is 2.45. The van der Waals surface area contributed by atoms with Crippen LogP contribution in [0.15, 0.2) is 42.6 Å². The third kappa shape index (κ3) is 5.89. The van der Waals surface area contributed by atoms with Crippen LogP contribution in [0.1, 0.15) is 5.56 Å². The zero-order valence-corrected chi connectivity index (χ0v) is 18.9. The Labute approximate surface area is 185 Å². The molecule has 3 N–H and O–H groups in total. The molecule has 3 aromatic rings. The number of aryl methyl sites for hydroxylation is 1. The molecule has 1 aromatic heterocycles. The van der Waals surface area contributed by atoms with Crippen LogP contribution in [0, 0.1) is 6.92 Å². The highest BCUT2D eigenvalue weighted by Gasteiger charge is 2.13. The van der Waals surface area contributed by atoms with Gasteiger partial charge in [-0.2, -0.15) is 4.98 Å². The Morgan fingerprint density at radius 2 is 1.71 bits per heavy atom. The number of hydrogen-bond acceptors (Lipinski definition) is 8. The highest BCUT2D eigenvalue weighted by Crippen LogP contribution is 2.32. The van der Waals surface area contributed by atoms with Gasteiger partial charge >= 0.3 is 0 Å². The van der Waals surface area contributed by atoms with E-state index < -0.39 is 10.0 Å². The van der Waals surface area contributed by atoms with Gasteiger partial charge in [0.15, 0.2) is 17.3 Å². The van der Waals surface area contributed by atoms with E-state index in [1.807, 2.05) is 13.0 Å². The number of anilines is 5. The molecular weight excluding hydrogens is 442 g/mol. The van der Waals surface area contributed by atoms with Gasteiger partial charge in [0.05, 0.1) is 38.0 Å². The summed E-state index contributed by atoms with van der Waals surface area (Å²) in [5.74, 6) is 1.73. The summed E-state index contributed by atoms with van der Waals surface area (Å²) in [6.45, 7) is 1.86. The average molecular weight is 464 g/mol. The molecule has 0 bridgehead atoms. The molecule has 164 valence electrons. The van der Waals surface area contributed by atoms with Crippen molar-refractivity contribution in [2.24, 2.45) is 0 Å². The maximum Gasteiger partial charge on any atom is 0.229 e. The first-order chi connectivity index (χ1) is 14.7. The van der Waals surface area contributed by atoms with Crippen LogP contribution in [0.25, 0.3) is 0 Å². The summed E-state index contributed by atoms with van der Waals surface area (Å²) in [6.07, 6.45) is 2.53. The van der Waals surface area contributed by atoms with Gasteiger partial charge in [-0.25, -0.2) is 13.4 Å². The van der Waals surface area contributed by atoms with E-state index in [1.165, 1.54) is 6.20 Å². The van der Waals surface area contributed by atoms with E-state index in [4.69, 9.17) is 21.1 Å². The summed E-state index contributed by atoms with van der Waals surface area (Å²) in [4.78, 5) is 8.60. The van der Waals surface area contributed by atoms with E-state index in [0.29, 0.717) is 34.4 Å². The molecule has 0 radical (unpaired) electrons. The van der Waals surface area contributed by atoms with Gasteiger partial charge in [-0.1, -0.05) is 17.7 Å². The summed E-state index contributed by atoms with van der Waals surface area (Å²) in [6, 6.07) is 10.6. The Balaban J connectivity index is 1.89. The predicted octanol–water partition coefficient (Wildman–Crippen LogP) is 4.31. The number of rotatable bonds is 8. The van der Waals surface area contributed by atoms with Crippen molar-refractivity contribution in [1.82, 2.24) is 9.97 Å². The number of sulfonamides is 1. The predicted molar refractivity (Wildman–Crippen MR) is 123 cm³/mol. The Morgan fingerprint density at radius 1 is 0.968 bits per heavy atom. The molecule has 11 heteroatoms. The molecule has 0 aliphatic carbocycles. The van der Waals surface area contributed by atoms with Gasteiger partial charge < -0.3 is 20.1 Å². The molecule has 0 atom stereocenters. The third-order valence-electron chi connectivity index (χ3n) is 4.11. The number of benzene rings is 2. The molecule has 0 unspecified atom stereocenters. The van der Waals surface area contributed by atoms with E-state index in [1.54, 1.807) is 44.6 Å². The standard InChI is InChI=1S/C20H22ClN5O4S/c1-12-5-7-15(16(9-12)26-31(4,27)28)24-19-14(21)11-22-20(25-19)23-13-6-8-17(29-2)18(10-13)30-3/h5-11,26H,1-4H3,(H2,22,23,24,25). The Kier molecular flexibility index (Phi) is 6.71. The van der Waals surface area contributed by atoms with Crippen molar-refractivity contribution >= 4 is 50.5 Å². The van der Waals surface area contributed by atoms with Crippen LogP contribution in [0.5, 0.6) is 11.5 Å². The highest BCUT2D eigenvalue weighted by atomic mass is 35.5. The van der Waals surface area contributed by atoms with Crippen molar-refractivity contribution in [2.45, 2.75) is 6.92 Å². The third-order valence-corrected chi connectivity index (χ3v) is 4.97. The average Bonchev–Trinajstić information content (AvgIpc) is 2.71. The van der Waals surface area contributed by atoms with E-state index in [2.05, 4.69) is 25.3 Å². The molecule has 0 saturated carbocycles. The maximum absolute atomic E-state index is 11.7. The molecule has 0 saturated heterocycles. The molecule has 0 fully saturated rings. The van der Waals surface area contributed by atoms with Crippen molar-refractivity contribution < 1.29 is 17.9 Å². The van der Waals surface area contributed by atoms with Gasteiger partial charge in [0.1, 0.15) is 5.02 Å². The minimum absolute atomic E-state index is 0.267. The largest absolute Gasteiger partial charge is 0.493 e. The minimum atomic E-state index is -3.47. The lowest BCUT2D eigenvalue weighted by Crippen LogP contribution is -2.11. The number of halogens is 1. The van der Waals surface area contributed by atoms with Crippen molar-refractivity contribution in [3.63, 3.8) is 0 Å². The van der Waals surface area contributed by atoms with Crippen LogP contribution in [-0.4, -0.2) is 38.9 Å². The lowest BCUT2D eigenvalue weighted by Gasteiger charge is -2.15. The van der Waals surface area contributed by atoms with Gasteiger partial charge in [-0.05, 0) is 36.8 Å². The zero-order valence-electron chi connectivity index (χ0n) is 17.4. The maximum atomic E-state index is 11.7. The quantitative estimate of drug-likeness (QED) is 0.452. The van der Waals surface area contributed by atoms with Gasteiger partial charge in [0, 0.05) is 11.8 Å². The molecule has 9 nitrogen and oxygen atoms in total. The van der Waals surface area contributed by atoms with Crippen LogP contribution in [-0.2, 0) is 10.0 Å². The van der Waals surface area contributed by atoms with Crippen molar-refractivity contribution in [3.05, 3.63) is 53.2 Å². The summed E-state index contributed by atoms with van der Waals surface area (Å²) in [7, 11) is -0.364. The topological polar surface area (TPSA) is 114 Å². The minimum Gasteiger partial charge on any atom is -0.493 e. The van der Waals surface area contributed by atoms with Crippen LogP contribution >= 0.6 is 11.6 Å². The number of hydrogen-bond donors (Lipinski definition) is 3. The number of ether oxygens (including phenoxy) is 2. The van der Waals surface area contributed by atoms with E-state index in [-0.39, 0.29) is 11.0 Å². The molecule has 0 spiro atoms. The molecule has 3 rings (SSSR count). The van der Waals surface area contributed by atoms with Gasteiger partial charge in [0.25, 0.3) is 0 Å². The second-order valence-corrected chi connectivity index (χ2v) is 8.79. The second kappa shape index (κ2) is 9.27. The van der Waals surface area contributed by atoms with E-state index in [9.17, 15) is 8.42 Å². The molecule has 0 aliphatic rings. The lowest BCUT2D eigenvalue weighted by molar-refractivity contribution is 0.355. The molecule has 0 aliphatic heterocycles. The van der Waals surface area contributed by atoms with Crippen LogP contribution < -0.4 is 24.8 Å². The van der Waals surface area contributed by atoms with Gasteiger partial charge in [0.2, 0.25) is 16.0 Å². The first-order valence-electron chi connectivity index (χ1n) is 9.05. The highest BCUT2D eigenvalue weighted by molar-refractivity contribution is 7.92. The number of nitrogens with zero attached hydrogens (tertiary/aromatic N) is 2. The van der Waals surface area contributed by atoms with Crippen LogP contribution in [0.3, 0.4) is 0 Å². The zero-order chi connectivity index (χ0) is 22.6. The number of methoxy groups -OCH3 is 2. The number of nitrogens with one attached hydrogen (secondary N) is 3. The summed E-state index contributed by atoms with van der Waals surface area (Å²) < 4.78 is 36.5. The molecule has 0 amide bonds. The van der Waals surface area contributed by atoms with Crippen LogP contribution in [0.4, 0.5) is 28.8 Å². The van der Waals surface area contributed by atoms with Crippen molar-refractivity contribution in [3.8, 4) is 11.5 Å². The molecule has 2 aromatic carbocycles. The summed E-state index contributed by atoms with van der Waals surface area (Å²) >= 11 is 6.26. The van der Waals surface area contributed by atoms with Crippen molar-refractivity contribution in [2.75, 3.05) is 35.8 Å². The molecule has 31 heavy (non-hydrogen) atoms.